The molecule has 7 nitrogen and oxygen atoms in total. The summed E-state index contributed by atoms with van der Waals surface area (Å²) in [5.74, 6) is 1.22. The first-order valence-corrected chi connectivity index (χ1v) is 14.1. The van der Waals surface area contributed by atoms with Gasteiger partial charge < -0.3 is 15.2 Å². The van der Waals surface area contributed by atoms with Crippen molar-refractivity contribution in [3.05, 3.63) is 40.4 Å². The maximum Gasteiger partial charge on any atom is 0.250 e. The second-order valence-electron chi connectivity index (χ2n) is 8.54. The van der Waals surface area contributed by atoms with Crippen LogP contribution in [0.25, 0.3) is 0 Å². The van der Waals surface area contributed by atoms with E-state index in [-0.39, 0.29) is 10.8 Å². The van der Waals surface area contributed by atoms with Crippen molar-refractivity contribution in [2.24, 2.45) is 0 Å². The fourth-order valence-electron chi connectivity index (χ4n) is 2.73. The normalized spacial score (nSPS) is 13.0. The number of aryl methyl sites for hydroxylation is 1. The Morgan fingerprint density at radius 2 is 2.06 bits per heavy atom. The van der Waals surface area contributed by atoms with Crippen LogP contribution in [0.3, 0.4) is 0 Å². The van der Waals surface area contributed by atoms with Crippen LogP contribution in [0, 0.1) is 18.3 Å². The quantitative estimate of drug-likeness (QED) is 0.278. The van der Waals surface area contributed by atoms with Gasteiger partial charge in [-0.05, 0) is 64.4 Å². The Balaban J connectivity index is 1.70. The van der Waals surface area contributed by atoms with Crippen LogP contribution in [0.15, 0.2) is 32.7 Å². The number of nitrogens with zero attached hydrogens (tertiary/aromatic N) is 1. The number of thiophene rings is 1. The van der Waals surface area contributed by atoms with E-state index in [9.17, 15) is 13.5 Å². The molecule has 0 saturated carbocycles. The Kier molecular flexibility index (Phi) is 10.5. The average molecular weight is 532 g/mol. The van der Waals surface area contributed by atoms with Crippen molar-refractivity contribution >= 4 is 44.7 Å². The molecule has 2 aromatic rings. The van der Waals surface area contributed by atoms with Gasteiger partial charge in [0.2, 0.25) is 0 Å². The monoisotopic (exact) mass is 531 g/mol. The fourth-order valence-corrected chi connectivity index (χ4v) is 7.34. The fraction of sp³-hybridized carbons (Fsp3) is 0.500. The lowest BCUT2D eigenvalue weighted by Crippen LogP contribution is -2.40. The average Bonchev–Trinajstić information content (AvgIpc) is 3.09. The zero-order valence-corrected chi connectivity index (χ0v) is 22.3. The van der Waals surface area contributed by atoms with E-state index < -0.39 is 21.7 Å². The molecule has 0 unspecified atom stereocenters. The Morgan fingerprint density at radius 3 is 2.73 bits per heavy atom. The van der Waals surface area contributed by atoms with Gasteiger partial charge in [-0.25, -0.2) is 13.1 Å². The van der Waals surface area contributed by atoms with Crippen molar-refractivity contribution in [1.29, 1.82) is 5.26 Å². The number of thioether (sulfide) groups is 1. The van der Waals surface area contributed by atoms with E-state index in [1.807, 2.05) is 13.0 Å². The number of aliphatic hydroxyl groups is 1. The Hall–Kier alpha value is -1.32. The molecule has 0 saturated heterocycles. The molecule has 0 fully saturated rings. The van der Waals surface area contributed by atoms with E-state index in [4.69, 9.17) is 21.6 Å². The van der Waals surface area contributed by atoms with Gasteiger partial charge in [0.15, 0.2) is 0 Å². The largest absolute Gasteiger partial charge is 0.489 e. The molecular formula is C22H30ClN3O4S3. The Bertz CT molecular complexity index is 1080. The van der Waals surface area contributed by atoms with Crippen LogP contribution in [0.1, 0.15) is 38.3 Å². The summed E-state index contributed by atoms with van der Waals surface area (Å²) in [7, 11) is -3.60. The van der Waals surface area contributed by atoms with Crippen molar-refractivity contribution in [3.63, 3.8) is 0 Å². The lowest BCUT2D eigenvalue weighted by molar-refractivity contribution is 0.106. The minimum Gasteiger partial charge on any atom is -0.489 e. The van der Waals surface area contributed by atoms with Crippen LogP contribution in [0.5, 0.6) is 5.75 Å². The van der Waals surface area contributed by atoms with Gasteiger partial charge in [-0.15, -0.1) is 23.1 Å². The summed E-state index contributed by atoms with van der Waals surface area (Å²) in [5.41, 5.74) is 0.854. The van der Waals surface area contributed by atoms with Crippen LogP contribution >= 0.6 is 34.7 Å². The predicted octanol–water partition coefficient (Wildman–Crippen LogP) is 4.17. The number of ether oxygens (including phenoxy) is 1. The summed E-state index contributed by atoms with van der Waals surface area (Å²) in [4.78, 5) is 0. The third-order valence-electron chi connectivity index (χ3n) is 4.14. The third-order valence-corrected chi connectivity index (χ3v) is 9.40. The molecule has 0 amide bonds. The van der Waals surface area contributed by atoms with Crippen molar-refractivity contribution < 1.29 is 18.3 Å². The molecule has 1 heterocycles. The van der Waals surface area contributed by atoms with Gasteiger partial charge in [0.25, 0.3) is 10.0 Å². The van der Waals surface area contributed by atoms with Gasteiger partial charge in [-0.2, -0.15) is 5.26 Å². The summed E-state index contributed by atoms with van der Waals surface area (Å²) < 4.78 is 34.1. The predicted molar refractivity (Wildman–Crippen MR) is 135 cm³/mol. The smallest absolute Gasteiger partial charge is 0.250 e. The molecule has 2 rings (SSSR count). The first kappa shape index (κ1) is 27.9. The van der Waals surface area contributed by atoms with E-state index in [0.717, 1.165) is 33.3 Å². The lowest BCUT2D eigenvalue weighted by Gasteiger charge is -2.19. The van der Waals surface area contributed by atoms with E-state index in [1.54, 1.807) is 32.9 Å². The topological polar surface area (TPSA) is 111 Å². The number of sulfonamides is 1. The highest BCUT2D eigenvalue weighted by Gasteiger charge is 2.25. The van der Waals surface area contributed by atoms with E-state index in [2.05, 4.69) is 16.1 Å². The number of rotatable bonds is 12. The minimum absolute atomic E-state index is 0.0878. The van der Waals surface area contributed by atoms with Crippen LogP contribution in [0.4, 0.5) is 0 Å². The number of nitriles is 1. The summed E-state index contributed by atoms with van der Waals surface area (Å²) in [6, 6.07) is 8.89. The zero-order chi connectivity index (χ0) is 24.6. The van der Waals surface area contributed by atoms with Gasteiger partial charge in [0, 0.05) is 17.8 Å². The first-order valence-electron chi connectivity index (χ1n) is 10.4. The van der Waals surface area contributed by atoms with Crippen molar-refractivity contribution in [2.45, 2.75) is 54.2 Å². The zero-order valence-electron chi connectivity index (χ0n) is 19.1. The van der Waals surface area contributed by atoms with Gasteiger partial charge in [-0.1, -0.05) is 17.7 Å². The van der Waals surface area contributed by atoms with E-state index in [0.29, 0.717) is 29.4 Å². The highest BCUT2D eigenvalue weighted by atomic mass is 35.5. The molecule has 11 heteroatoms. The standard InChI is InChI=1S/C22H30ClN3O4S3/c1-15-6-7-16(12-24)19(10-15)30-14-17(27)13-25-8-5-9-31-21-18(23)11-20(32-21)33(28,29)26-22(2,3)4/h6-7,10-11,17,25-27H,5,8-9,13-14H2,1-4H3/t17-/m0/s1. The summed E-state index contributed by atoms with van der Waals surface area (Å²) >= 11 is 8.91. The summed E-state index contributed by atoms with van der Waals surface area (Å²) in [6.07, 6.45) is 0.102. The number of aliphatic hydroxyl groups excluding tert-OH is 1. The highest BCUT2D eigenvalue weighted by molar-refractivity contribution is 8.01. The van der Waals surface area contributed by atoms with Crippen molar-refractivity contribution in [3.8, 4) is 11.8 Å². The molecule has 1 aromatic carbocycles. The Morgan fingerprint density at radius 1 is 1.33 bits per heavy atom. The second-order valence-corrected chi connectivity index (χ2v) is 13.3. The summed E-state index contributed by atoms with van der Waals surface area (Å²) in [5, 5.41) is 22.9. The van der Waals surface area contributed by atoms with Gasteiger partial charge in [0.1, 0.15) is 28.7 Å². The van der Waals surface area contributed by atoms with Crippen LogP contribution in [0.2, 0.25) is 5.02 Å². The minimum atomic E-state index is -3.60. The second kappa shape index (κ2) is 12.4. The molecule has 1 atom stereocenters. The molecule has 182 valence electrons. The Labute approximate surface area is 209 Å². The van der Waals surface area contributed by atoms with Crippen molar-refractivity contribution in [2.75, 3.05) is 25.4 Å². The number of nitrogens with one attached hydrogen (secondary N) is 2. The van der Waals surface area contributed by atoms with Gasteiger partial charge in [0.05, 0.1) is 14.8 Å². The van der Waals surface area contributed by atoms with Crippen molar-refractivity contribution in [1.82, 2.24) is 10.0 Å². The molecule has 0 aliphatic heterocycles. The molecular weight excluding hydrogens is 502 g/mol. The summed E-state index contributed by atoms with van der Waals surface area (Å²) in [6.45, 7) is 8.41. The highest BCUT2D eigenvalue weighted by Crippen LogP contribution is 2.38. The van der Waals surface area contributed by atoms with Crippen LogP contribution in [-0.4, -0.2) is 50.6 Å². The number of halogens is 1. The SMILES string of the molecule is Cc1ccc(C#N)c(OC[C@@H](O)CNCCCSc2sc(S(=O)(=O)NC(C)(C)C)cc2Cl)c1. The molecule has 0 aliphatic rings. The maximum atomic E-state index is 12.5. The third kappa shape index (κ3) is 9.45. The molecule has 0 spiro atoms. The van der Waals surface area contributed by atoms with Crippen LogP contribution < -0.4 is 14.8 Å². The van der Waals surface area contributed by atoms with E-state index in [1.165, 1.54) is 17.8 Å². The van der Waals surface area contributed by atoms with Crippen LogP contribution in [-0.2, 0) is 10.0 Å². The van der Waals surface area contributed by atoms with E-state index >= 15 is 0 Å². The molecule has 1 aromatic heterocycles. The first-order chi connectivity index (χ1) is 15.4. The maximum absolute atomic E-state index is 12.5. The van der Waals surface area contributed by atoms with Gasteiger partial charge >= 0.3 is 0 Å². The molecule has 0 bridgehead atoms. The molecule has 0 aliphatic carbocycles. The molecule has 0 radical (unpaired) electrons. The van der Waals surface area contributed by atoms with Gasteiger partial charge in [-0.3, -0.25) is 0 Å². The molecule has 33 heavy (non-hydrogen) atoms. The number of hydrogen-bond acceptors (Lipinski definition) is 8. The molecule has 3 N–H and O–H groups in total. The lowest BCUT2D eigenvalue weighted by atomic mass is 10.1. The number of benzene rings is 1. The number of hydrogen-bond donors (Lipinski definition) is 3.